The van der Waals surface area contributed by atoms with E-state index >= 15 is 0 Å². The highest BCUT2D eigenvalue weighted by Crippen LogP contribution is 2.46. The van der Waals surface area contributed by atoms with Crippen LogP contribution in [0.15, 0.2) is 22.7 Å². The van der Waals surface area contributed by atoms with E-state index in [1.807, 2.05) is 12.1 Å². The van der Waals surface area contributed by atoms with Gasteiger partial charge in [0.15, 0.2) is 0 Å². The van der Waals surface area contributed by atoms with Crippen LogP contribution in [-0.2, 0) is 0 Å². The normalized spacial score (nSPS) is 26.5. The fraction of sp³-hybridized carbons (Fsp3) is 0.500. The molecule has 1 atom stereocenters. The molecule has 16 heavy (non-hydrogen) atoms. The molecule has 1 unspecified atom stereocenters. The second-order valence-electron chi connectivity index (χ2n) is 4.67. The molecule has 1 aromatic rings. The van der Waals surface area contributed by atoms with E-state index in [4.69, 9.17) is 0 Å². The molecule has 0 aromatic heterocycles. The molecule has 0 bridgehead atoms. The van der Waals surface area contributed by atoms with Gasteiger partial charge in [-0.15, -0.1) is 0 Å². The monoisotopic (exact) mass is 282 g/mol. The molecule has 86 valence electrons. The number of anilines is 1. The van der Waals surface area contributed by atoms with Crippen LogP contribution in [0, 0.1) is 0 Å². The predicted octanol–water partition coefficient (Wildman–Crippen LogP) is 2.03. The highest BCUT2D eigenvalue weighted by atomic mass is 79.9. The van der Waals surface area contributed by atoms with Gasteiger partial charge in [-0.05, 0) is 38.1 Å². The maximum Gasteiger partial charge on any atom is 0.104 e. The van der Waals surface area contributed by atoms with Crippen molar-refractivity contribution in [1.29, 1.82) is 0 Å². The summed E-state index contributed by atoms with van der Waals surface area (Å²) in [6.07, 6.45) is 1.57. The Morgan fingerprint density at radius 3 is 2.81 bits per heavy atom. The van der Waals surface area contributed by atoms with Gasteiger partial charge in [0.25, 0.3) is 0 Å². The Bertz CT molecular complexity index is 415. The Morgan fingerprint density at radius 1 is 1.31 bits per heavy atom. The molecular formula is C12H15BrN2O. The lowest BCUT2D eigenvalue weighted by molar-refractivity contribution is 0.0873. The van der Waals surface area contributed by atoms with Crippen LogP contribution >= 0.6 is 15.9 Å². The second-order valence-corrected chi connectivity index (χ2v) is 5.58. The van der Waals surface area contributed by atoms with Crippen molar-refractivity contribution >= 4 is 21.6 Å². The van der Waals surface area contributed by atoms with Crippen molar-refractivity contribution in [3.8, 4) is 0 Å². The summed E-state index contributed by atoms with van der Waals surface area (Å²) in [4.78, 5) is 0. The lowest BCUT2D eigenvalue weighted by atomic mass is 9.83. The van der Waals surface area contributed by atoms with Crippen LogP contribution in [0.5, 0.6) is 0 Å². The average Bonchev–Trinajstić information content (AvgIpc) is 2.53. The molecule has 1 fully saturated rings. The van der Waals surface area contributed by atoms with Gasteiger partial charge in [-0.25, -0.2) is 0 Å². The lowest BCUT2D eigenvalue weighted by Crippen LogP contribution is -2.48. The number of hydrogen-bond donors (Lipinski definition) is 3. The molecule has 3 rings (SSSR count). The topological polar surface area (TPSA) is 44.3 Å². The van der Waals surface area contributed by atoms with Crippen LogP contribution in [0.4, 0.5) is 5.69 Å². The fourth-order valence-electron chi connectivity index (χ4n) is 2.78. The average molecular weight is 283 g/mol. The van der Waals surface area contributed by atoms with Gasteiger partial charge in [-0.3, -0.25) is 0 Å². The van der Waals surface area contributed by atoms with E-state index in [0.717, 1.165) is 41.7 Å². The van der Waals surface area contributed by atoms with Crippen LogP contribution in [0.2, 0.25) is 0 Å². The first-order valence-corrected chi connectivity index (χ1v) is 6.47. The first kappa shape index (κ1) is 10.6. The lowest BCUT2D eigenvalue weighted by Gasteiger charge is -2.37. The number of piperidine rings is 1. The molecule has 0 aliphatic carbocycles. The zero-order valence-corrected chi connectivity index (χ0v) is 10.5. The maximum atomic E-state index is 10.4. The van der Waals surface area contributed by atoms with Gasteiger partial charge in [0.1, 0.15) is 6.10 Å². The van der Waals surface area contributed by atoms with Crippen LogP contribution in [0.1, 0.15) is 24.5 Å². The molecule has 2 heterocycles. The van der Waals surface area contributed by atoms with Crippen molar-refractivity contribution in [3.63, 3.8) is 0 Å². The van der Waals surface area contributed by atoms with Gasteiger partial charge in [-0.2, -0.15) is 0 Å². The molecule has 0 amide bonds. The van der Waals surface area contributed by atoms with E-state index in [2.05, 4.69) is 32.6 Å². The third-order valence-electron chi connectivity index (χ3n) is 3.71. The van der Waals surface area contributed by atoms with Crippen molar-refractivity contribution in [2.24, 2.45) is 0 Å². The minimum atomic E-state index is -0.377. The molecule has 4 heteroatoms. The molecule has 1 aromatic carbocycles. The van der Waals surface area contributed by atoms with Crippen molar-refractivity contribution in [1.82, 2.24) is 5.32 Å². The summed E-state index contributed by atoms with van der Waals surface area (Å²) in [5.41, 5.74) is 1.96. The fourth-order valence-corrected chi connectivity index (χ4v) is 3.14. The number of benzene rings is 1. The van der Waals surface area contributed by atoms with Crippen LogP contribution in [0.25, 0.3) is 0 Å². The summed E-state index contributed by atoms with van der Waals surface area (Å²) in [6.45, 7) is 1.94. The molecule has 2 aliphatic rings. The summed E-state index contributed by atoms with van der Waals surface area (Å²) < 4.78 is 1.05. The predicted molar refractivity (Wildman–Crippen MR) is 67.6 cm³/mol. The highest BCUT2D eigenvalue weighted by Gasteiger charge is 2.45. The minimum Gasteiger partial charge on any atom is -0.386 e. The summed E-state index contributed by atoms with van der Waals surface area (Å²) >= 11 is 3.46. The van der Waals surface area contributed by atoms with Crippen molar-refractivity contribution in [2.45, 2.75) is 24.5 Å². The molecule has 2 aliphatic heterocycles. The molecule has 3 nitrogen and oxygen atoms in total. The Kier molecular flexibility index (Phi) is 2.46. The van der Waals surface area contributed by atoms with E-state index in [-0.39, 0.29) is 11.6 Å². The van der Waals surface area contributed by atoms with Gasteiger partial charge < -0.3 is 15.7 Å². The van der Waals surface area contributed by atoms with Crippen molar-refractivity contribution < 1.29 is 5.11 Å². The quantitative estimate of drug-likeness (QED) is 0.682. The number of rotatable bonds is 0. The number of aliphatic hydroxyl groups excluding tert-OH is 1. The van der Waals surface area contributed by atoms with Crippen LogP contribution in [-0.4, -0.2) is 23.7 Å². The van der Waals surface area contributed by atoms with E-state index in [1.54, 1.807) is 0 Å². The minimum absolute atomic E-state index is 0.144. The zero-order chi connectivity index (χ0) is 11.2. The third kappa shape index (κ3) is 1.48. The first-order valence-electron chi connectivity index (χ1n) is 5.68. The molecule has 0 saturated carbocycles. The molecule has 3 N–H and O–H groups in total. The SMILES string of the molecule is OC1c2ccc(Br)cc2NC12CCNCC2. The Hall–Kier alpha value is -0.580. The molecular weight excluding hydrogens is 268 g/mol. The Labute approximate surface area is 103 Å². The summed E-state index contributed by atoms with van der Waals surface area (Å²) in [6, 6.07) is 6.05. The van der Waals surface area contributed by atoms with Crippen molar-refractivity contribution in [3.05, 3.63) is 28.2 Å². The van der Waals surface area contributed by atoms with E-state index < -0.39 is 0 Å². The summed E-state index contributed by atoms with van der Waals surface area (Å²) in [5.74, 6) is 0. The van der Waals surface area contributed by atoms with E-state index in [1.165, 1.54) is 0 Å². The van der Waals surface area contributed by atoms with Crippen LogP contribution in [0.3, 0.4) is 0 Å². The van der Waals surface area contributed by atoms with Gasteiger partial charge in [0.05, 0.1) is 5.54 Å². The maximum absolute atomic E-state index is 10.4. The number of fused-ring (bicyclic) bond motifs is 1. The second kappa shape index (κ2) is 3.72. The standard InChI is InChI=1S/C12H15BrN2O/c13-8-1-2-9-10(7-8)15-12(11(9)16)3-5-14-6-4-12/h1-2,7,11,14-16H,3-6H2. The number of hydrogen-bond acceptors (Lipinski definition) is 3. The van der Waals surface area contributed by atoms with E-state index in [9.17, 15) is 5.11 Å². The molecule has 1 saturated heterocycles. The summed E-state index contributed by atoms with van der Waals surface area (Å²) in [5, 5.41) is 17.3. The molecule has 0 radical (unpaired) electrons. The summed E-state index contributed by atoms with van der Waals surface area (Å²) in [7, 11) is 0. The number of aliphatic hydroxyl groups is 1. The highest BCUT2D eigenvalue weighted by molar-refractivity contribution is 9.10. The Morgan fingerprint density at radius 2 is 2.06 bits per heavy atom. The van der Waals surface area contributed by atoms with Gasteiger partial charge in [-0.1, -0.05) is 22.0 Å². The first-order chi connectivity index (χ1) is 7.71. The largest absolute Gasteiger partial charge is 0.386 e. The van der Waals surface area contributed by atoms with Crippen molar-refractivity contribution in [2.75, 3.05) is 18.4 Å². The number of nitrogens with one attached hydrogen (secondary N) is 2. The van der Waals surface area contributed by atoms with Gasteiger partial charge in [0, 0.05) is 15.7 Å². The number of halogens is 1. The third-order valence-corrected chi connectivity index (χ3v) is 4.21. The molecule has 1 spiro atoms. The Balaban J connectivity index is 1.98. The van der Waals surface area contributed by atoms with Gasteiger partial charge in [0.2, 0.25) is 0 Å². The zero-order valence-electron chi connectivity index (χ0n) is 8.96. The van der Waals surface area contributed by atoms with E-state index in [0.29, 0.717) is 0 Å². The van der Waals surface area contributed by atoms with Gasteiger partial charge >= 0.3 is 0 Å². The smallest absolute Gasteiger partial charge is 0.104 e. The van der Waals surface area contributed by atoms with Crippen LogP contribution < -0.4 is 10.6 Å².